The number of benzene rings is 2. The van der Waals surface area contributed by atoms with Crippen molar-refractivity contribution >= 4 is 27.5 Å². The monoisotopic (exact) mass is 336 g/mol. The van der Waals surface area contributed by atoms with Crippen LogP contribution in [-0.2, 0) is 11.2 Å². The van der Waals surface area contributed by atoms with E-state index in [2.05, 4.69) is 21.2 Å². The summed E-state index contributed by atoms with van der Waals surface area (Å²) in [4.78, 5) is 12.0. The topological polar surface area (TPSA) is 55.1 Å². The molecule has 1 amide bonds. The summed E-state index contributed by atoms with van der Waals surface area (Å²) in [6.07, 6.45) is 0.450. The van der Waals surface area contributed by atoms with Gasteiger partial charge in [0.05, 0.1) is 11.7 Å². The molecule has 104 valence electrons. The Bertz CT molecular complexity index is 604. The summed E-state index contributed by atoms with van der Waals surface area (Å²) in [6, 6.07) is 12.9. The molecule has 2 aromatic rings. The average Bonchev–Trinajstić information content (AvgIpc) is 2.43. The maximum Gasteiger partial charge on any atom is 0.241 e. The van der Waals surface area contributed by atoms with Crippen LogP contribution in [0.1, 0.15) is 5.56 Å². The molecule has 0 fully saturated rings. The van der Waals surface area contributed by atoms with Crippen LogP contribution in [0.15, 0.2) is 53.0 Å². The van der Waals surface area contributed by atoms with Crippen LogP contribution in [0.25, 0.3) is 0 Å². The van der Waals surface area contributed by atoms with E-state index in [-0.39, 0.29) is 11.7 Å². The van der Waals surface area contributed by atoms with Gasteiger partial charge in [0.2, 0.25) is 5.91 Å². The van der Waals surface area contributed by atoms with E-state index in [0.717, 1.165) is 5.56 Å². The lowest BCUT2D eigenvalue weighted by Gasteiger charge is -2.13. The van der Waals surface area contributed by atoms with Gasteiger partial charge in [0.15, 0.2) is 0 Å². The van der Waals surface area contributed by atoms with E-state index < -0.39 is 6.04 Å². The van der Waals surface area contributed by atoms with Crippen molar-refractivity contribution in [2.75, 3.05) is 5.32 Å². The highest BCUT2D eigenvalue weighted by Gasteiger charge is 2.15. The van der Waals surface area contributed by atoms with Crippen LogP contribution in [0.2, 0.25) is 0 Å². The van der Waals surface area contributed by atoms with E-state index in [0.29, 0.717) is 16.6 Å². The summed E-state index contributed by atoms with van der Waals surface area (Å²) in [5.41, 5.74) is 7.37. The molecule has 0 radical (unpaired) electrons. The minimum atomic E-state index is -0.658. The Morgan fingerprint density at radius 2 is 1.95 bits per heavy atom. The van der Waals surface area contributed by atoms with Gasteiger partial charge in [-0.25, -0.2) is 4.39 Å². The highest BCUT2D eigenvalue weighted by Crippen LogP contribution is 2.23. The number of nitrogens with one attached hydrogen (secondary N) is 1. The van der Waals surface area contributed by atoms with E-state index in [9.17, 15) is 9.18 Å². The lowest BCUT2D eigenvalue weighted by Crippen LogP contribution is -2.37. The van der Waals surface area contributed by atoms with Crippen LogP contribution in [0.4, 0.5) is 10.1 Å². The zero-order valence-electron chi connectivity index (χ0n) is 10.6. The molecule has 2 rings (SSSR count). The first-order chi connectivity index (χ1) is 9.56. The average molecular weight is 337 g/mol. The first-order valence-corrected chi connectivity index (χ1v) is 6.91. The standard InChI is InChI=1S/C15H14BrFN2O/c16-12-9-11(17)6-7-14(12)19-15(20)13(18)8-10-4-2-1-3-5-10/h1-7,9,13H,8,18H2,(H,19,20)/t13-/m0/s1. The van der Waals surface area contributed by atoms with E-state index in [1.807, 2.05) is 30.3 Å². The first kappa shape index (κ1) is 14.7. The van der Waals surface area contributed by atoms with Gasteiger partial charge in [-0.05, 0) is 46.1 Å². The molecule has 2 aromatic carbocycles. The van der Waals surface area contributed by atoms with E-state index in [1.165, 1.54) is 18.2 Å². The smallest absolute Gasteiger partial charge is 0.241 e. The third kappa shape index (κ3) is 3.88. The number of carbonyl (C=O) groups excluding carboxylic acids is 1. The van der Waals surface area contributed by atoms with Crippen molar-refractivity contribution in [3.05, 3.63) is 64.4 Å². The zero-order chi connectivity index (χ0) is 14.5. The third-order valence-electron chi connectivity index (χ3n) is 2.82. The summed E-state index contributed by atoms with van der Waals surface area (Å²) in [6.45, 7) is 0. The normalized spacial score (nSPS) is 11.9. The molecule has 5 heteroatoms. The summed E-state index contributed by atoms with van der Waals surface area (Å²) < 4.78 is 13.4. The molecule has 0 heterocycles. The van der Waals surface area contributed by atoms with Gasteiger partial charge in [0.1, 0.15) is 5.82 Å². The number of carbonyl (C=O) groups is 1. The fraction of sp³-hybridized carbons (Fsp3) is 0.133. The minimum absolute atomic E-state index is 0.304. The highest BCUT2D eigenvalue weighted by molar-refractivity contribution is 9.10. The number of halogens is 2. The Morgan fingerprint density at radius 1 is 1.25 bits per heavy atom. The molecule has 0 aromatic heterocycles. The quantitative estimate of drug-likeness (QED) is 0.901. The maximum absolute atomic E-state index is 13.0. The van der Waals surface area contributed by atoms with Gasteiger partial charge in [0.25, 0.3) is 0 Å². The Balaban J connectivity index is 2.01. The highest BCUT2D eigenvalue weighted by atomic mass is 79.9. The number of anilines is 1. The van der Waals surface area contributed by atoms with Crippen molar-refractivity contribution in [2.24, 2.45) is 5.73 Å². The van der Waals surface area contributed by atoms with Crippen LogP contribution < -0.4 is 11.1 Å². The molecule has 0 saturated carbocycles. The lowest BCUT2D eigenvalue weighted by molar-refractivity contribution is -0.117. The molecule has 0 aliphatic heterocycles. The van der Waals surface area contributed by atoms with Crippen LogP contribution in [0.5, 0.6) is 0 Å². The van der Waals surface area contributed by atoms with Crippen molar-refractivity contribution in [1.29, 1.82) is 0 Å². The summed E-state index contributed by atoms with van der Waals surface area (Å²) in [7, 11) is 0. The van der Waals surface area contributed by atoms with E-state index in [1.54, 1.807) is 0 Å². The molecular formula is C15H14BrFN2O. The molecular weight excluding hydrogens is 323 g/mol. The second kappa shape index (κ2) is 6.63. The van der Waals surface area contributed by atoms with E-state index >= 15 is 0 Å². The minimum Gasteiger partial charge on any atom is -0.324 e. The summed E-state index contributed by atoms with van der Waals surface area (Å²) in [5, 5.41) is 2.68. The molecule has 0 aliphatic rings. The maximum atomic E-state index is 13.0. The predicted molar refractivity (Wildman–Crippen MR) is 80.9 cm³/mol. The third-order valence-corrected chi connectivity index (χ3v) is 3.48. The summed E-state index contributed by atoms with van der Waals surface area (Å²) in [5.74, 6) is -0.676. The van der Waals surface area contributed by atoms with Crippen LogP contribution in [-0.4, -0.2) is 11.9 Å². The van der Waals surface area contributed by atoms with Crippen LogP contribution in [0.3, 0.4) is 0 Å². The van der Waals surface area contributed by atoms with Gasteiger partial charge >= 0.3 is 0 Å². The number of nitrogens with two attached hydrogens (primary N) is 1. The Hall–Kier alpha value is -1.72. The first-order valence-electron chi connectivity index (χ1n) is 6.11. The Kier molecular flexibility index (Phi) is 4.87. The number of rotatable bonds is 4. The van der Waals surface area contributed by atoms with Crippen molar-refractivity contribution < 1.29 is 9.18 Å². The predicted octanol–water partition coefficient (Wildman–Crippen LogP) is 3.10. The van der Waals surface area contributed by atoms with Gasteiger partial charge in [-0.15, -0.1) is 0 Å². The van der Waals surface area contributed by atoms with Crippen molar-refractivity contribution in [3.63, 3.8) is 0 Å². The Labute approximate surface area is 125 Å². The van der Waals surface area contributed by atoms with Gasteiger partial charge in [0, 0.05) is 4.47 Å². The molecule has 0 spiro atoms. The Morgan fingerprint density at radius 3 is 2.60 bits per heavy atom. The fourth-order valence-electron chi connectivity index (χ4n) is 1.78. The molecule has 0 aliphatic carbocycles. The second-order valence-corrected chi connectivity index (χ2v) is 5.26. The SMILES string of the molecule is N[C@@H](Cc1ccccc1)C(=O)Nc1ccc(F)cc1Br. The molecule has 0 unspecified atom stereocenters. The molecule has 3 N–H and O–H groups in total. The second-order valence-electron chi connectivity index (χ2n) is 4.41. The molecule has 0 saturated heterocycles. The van der Waals surface area contributed by atoms with Crippen molar-refractivity contribution in [3.8, 4) is 0 Å². The summed E-state index contributed by atoms with van der Waals surface area (Å²) >= 11 is 3.20. The largest absolute Gasteiger partial charge is 0.324 e. The number of hydrogen-bond donors (Lipinski definition) is 2. The molecule has 1 atom stereocenters. The van der Waals surface area contributed by atoms with Crippen LogP contribution >= 0.6 is 15.9 Å². The molecule has 20 heavy (non-hydrogen) atoms. The van der Waals surface area contributed by atoms with Crippen LogP contribution in [0, 0.1) is 5.82 Å². The van der Waals surface area contributed by atoms with Gasteiger partial charge in [-0.1, -0.05) is 30.3 Å². The number of hydrogen-bond acceptors (Lipinski definition) is 2. The number of amides is 1. The molecule has 3 nitrogen and oxygen atoms in total. The zero-order valence-corrected chi connectivity index (χ0v) is 12.2. The molecule has 0 bridgehead atoms. The fourth-order valence-corrected chi connectivity index (χ4v) is 2.23. The van der Waals surface area contributed by atoms with E-state index in [4.69, 9.17) is 5.73 Å². The van der Waals surface area contributed by atoms with Crippen molar-refractivity contribution in [1.82, 2.24) is 0 Å². The van der Waals surface area contributed by atoms with Gasteiger partial charge in [-0.3, -0.25) is 4.79 Å². The van der Waals surface area contributed by atoms with Gasteiger partial charge < -0.3 is 11.1 Å². The lowest BCUT2D eigenvalue weighted by atomic mass is 10.1. The van der Waals surface area contributed by atoms with Crippen molar-refractivity contribution in [2.45, 2.75) is 12.5 Å². The van der Waals surface area contributed by atoms with Gasteiger partial charge in [-0.2, -0.15) is 0 Å².